The second-order valence-corrected chi connectivity index (χ2v) is 11.8. The Hall–Kier alpha value is -4.83. The highest BCUT2D eigenvalue weighted by Crippen LogP contribution is 2.46. The molecule has 0 amide bonds. The van der Waals surface area contributed by atoms with Crippen LogP contribution in [0.4, 0.5) is 4.39 Å². The van der Waals surface area contributed by atoms with E-state index in [1.54, 1.807) is 12.1 Å². The maximum atomic E-state index is 14.9. The molecule has 6 aromatic rings. The van der Waals surface area contributed by atoms with Crippen LogP contribution in [0.5, 0.6) is 0 Å². The molecule has 0 aliphatic heterocycles. The van der Waals surface area contributed by atoms with Gasteiger partial charge in [0.1, 0.15) is 5.82 Å². The van der Waals surface area contributed by atoms with E-state index in [2.05, 4.69) is 10.0 Å². The summed E-state index contributed by atoms with van der Waals surface area (Å²) >= 11 is 8.09. The second kappa shape index (κ2) is 11.4. The standard InChI is InChI=1S/C36H24ClFN2O2S/c1-21-6-11-28(12-7-21)43-40-33-15-10-27(38)19-31(33)34(30-13-8-22(2)16-26(30)20-39)35(40)24-5-3-4-23(17-24)29-14-9-25(36(41)42)18-32(29)37/h3-19H,1-2H3,(H,41,42). The molecule has 0 radical (unpaired) electrons. The van der Waals surface area contributed by atoms with Crippen LogP contribution in [-0.4, -0.2) is 15.0 Å². The molecule has 0 atom stereocenters. The molecule has 1 N–H and O–H groups in total. The van der Waals surface area contributed by atoms with Crippen molar-refractivity contribution < 1.29 is 14.3 Å². The average Bonchev–Trinajstić information content (AvgIpc) is 3.30. The third-order valence-corrected chi connectivity index (χ3v) is 8.69. The summed E-state index contributed by atoms with van der Waals surface area (Å²) in [6.45, 7) is 3.97. The molecule has 0 unspecified atom stereocenters. The Morgan fingerprint density at radius 3 is 2.30 bits per heavy atom. The van der Waals surface area contributed by atoms with Gasteiger partial charge in [0.15, 0.2) is 0 Å². The lowest BCUT2D eigenvalue weighted by atomic mass is 9.92. The molecule has 1 heterocycles. The van der Waals surface area contributed by atoms with E-state index < -0.39 is 5.97 Å². The van der Waals surface area contributed by atoms with Gasteiger partial charge < -0.3 is 5.11 Å². The molecular formula is C36H24ClFN2O2S. The van der Waals surface area contributed by atoms with Gasteiger partial charge in [-0.3, -0.25) is 3.97 Å². The normalized spacial score (nSPS) is 11.0. The molecule has 0 aliphatic carbocycles. The van der Waals surface area contributed by atoms with E-state index in [1.165, 1.54) is 36.2 Å². The predicted octanol–water partition coefficient (Wildman–Crippen LogP) is 10.2. The number of halogens is 2. The van der Waals surface area contributed by atoms with Crippen LogP contribution in [-0.2, 0) is 0 Å². The number of benzene rings is 5. The lowest BCUT2D eigenvalue weighted by Gasteiger charge is -2.15. The third-order valence-electron chi connectivity index (χ3n) is 7.33. The van der Waals surface area contributed by atoms with Crippen molar-refractivity contribution in [2.45, 2.75) is 18.7 Å². The van der Waals surface area contributed by atoms with Gasteiger partial charge in [-0.2, -0.15) is 5.26 Å². The van der Waals surface area contributed by atoms with Crippen LogP contribution in [0.2, 0.25) is 5.02 Å². The van der Waals surface area contributed by atoms with Crippen molar-refractivity contribution in [3.8, 4) is 39.6 Å². The number of hydrogen-bond donors (Lipinski definition) is 1. The third kappa shape index (κ3) is 5.41. The van der Waals surface area contributed by atoms with Gasteiger partial charge in [0, 0.05) is 37.6 Å². The SMILES string of the molecule is Cc1ccc(Sn2c(-c3cccc(-c4ccc(C(=O)O)cc4Cl)c3)c(-c3ccc(C)cc3C#N)c3cc(F)ccc32)cc1. The molecular weight excluding hydrogens is 579 g/mol. The number of carbonyl (C=O) groups is 1. The Balaban J connectivity index is 1.67. The predicted molar refractivity (Wildman–Crippen MR) is 172 cm³/mol. The summed E-state index contributed by atoms with van der Waals surface area (Å²) in [5.74, 6) is -1.43. The number of nitriles is 1. The smallest absolute Gasteiger partial charge is 0.335 e. The summed E-state index contributed by atoms with van der Waals surface area (Å²) in [4.78, 5) is 12.5. The van der Waals surface area contributed by atoms with Gasteiger partial charge in [-0.25, -0.2) is 9.18 Å². The number of rotatable bonds is 6. The van der Waals surface area contributed by atoms with Crippen molar-refractivity contribution in [3.05, 3.63) is 136 Å². The molecule has 7 heteroatoms. The number of aromatic carboxylic acids is 1. The molecule has 0 fully saturated rings. The topological polar surface area (TPSA) is 66.0 Å². The van der Waals surface area contributed by atoms with Gasteiger partial charge in [-0.05, 0) is 91.5 Å². The van der Waals surface area contributed by atoms with Gasteiger partial charge >= 0.3 is 5.97 Å². The number of fused-ring (bicyclic) bond motifs is 1. The van der Waals surface area contributed by atoms with Crippen molar-refractivity contribution in [2.75, 3.05) is 0 Å². The Morgan fingerprint density at radius 1 is 0.860 bits per heavy atom. The lowest BCUT2D eigenvalue weighted by molar-refractivity contribution is 0.0697. The first-order valence-corrected chi connectivity index (χ1v) is 14.6. The van der Waals surface area contributed by atoms with Crippen molar-refractivity contribution in [2.24, 2.45) is 0 Å². The monoisotopic (exact) mass is 602 g/mol. The van der Waals surface area contributed by atoms with E-state index in [9.17, 15) is 19.6 Å². The maximum absolute atomic E-state index is 14.9. The Kier molecular flexibility index (Phi) is 7.53. The number of carboxylic acids is 1. The molecule has 4 nitrogen and oxygen atoms in total. The molecule has 0 bridgehead atoms. The summed E-state index contributed by atoms with van der Waals surface area (Å²) in [6, 6.07) is 33.4. The number of carboxylic acid groups (broad SMARTS) is 1. The summed E-state index contributed by atoms with van der Waals surface area (Å²) in [5.41, 5.74) is 8.04. The molecule has 0 spiro atoms. The lowest BCUT2D eigenvalue weighted by Crippen LogP contribution is -1.96. The van der Waals surface area contributed by atoms with Crippen LogP contribution >= 0.6 is 23.5 Å². The zero-order valence-electron chi connectivity index (χ0n) is 23.2. The summed E-state index contributed by atoms with van der Waals surface area (Å²) in [5, 5.41) is 20.6. The quantitative estimate of drug-likeness (QED) is 0.206. The van der Waals surface area contributed by atoms with Crippen LogP contribution in [0.15, 0.2) is 108 Å². The fourth-order valence-corrected chi connectivity index (χ4v) is 6.56. The molecule has 0 aliphatic rings. The van der Waals surface area contributed by atoms with Gasteiger partial charge in [0.25, 0.3) is 0 Å². The Bertz CT molecular complexity index is 2090. The average molecular weight is 603 g/mol. The van der Waals surface area contributed by atoms with E-state index in [4.69, 9.17) is 11.6 Å². The van der Waals surface area contributed by atoms with Crippen LogP contribution in [0, 0.1) is 31.0 Å². The van der Waals surface area contributed by atoms with Crippen molar-refractivity contribution in [3.63, 3.8) is 0 Å². The minimum Gasteiger partial charge on any atom is -0.478 e. The van der Waals surface area contributed by atoms with Gasteiger partial charge in [0.2, 0.25) is 0 Å². The number of hydrogen-bond acceptors (Lipinski definition) is 3. The minimum atomic E-state index is -1.05. The molecule has 0 saturated carbocycles. The van der Waals surface area contributed by atoms with E-state index in [-0.39, 0.29) is 11.4 Å². The molecule has 6 rings (SSSR count). The fraction of sp³-hybridized carbons (Fsp3) is 0.0556. The second-order valence-electron chi connectivity index (χ2n) is 10.3. The molecule has 210 valence electrons. The first kappa shape index (κ1) is 28.3. The molecule has 5 aromatic carbocycles. The number of aryl methyl sites for hydroxylation is 2. The first-order valence-electron chi connectivity index (χ1n) is 13.5. The minimum absolute atomic E-state index is 0.104. The molecule has 43 heavy (non-hydrogen) atoms. The number of aromatic nitrogens is 1. The van der Waals surface area contributed by atoms with Crippen molar-refractivity contribution in [1.82, 2.24) is 3.97 Å². The van der Waals surface area contributed by atoms with Gasteiger partial charge in [-0.15, -0.1) is 0 Å². The van der Waals surface area contributed by atoms with E-state index in [0.717, 1.165) is 43.9 Å². The van der Waals surface area contributed by atoms with Gasteiger partial charge in [-0.1, -0.05) is 65.7 Å². The van der Waals surface area contributed by atoms with Crippen molar-refractivity contribution >= 4 is 40.4 Å². The highest BCUT2D eigenvalue weighted by Gasteiger charge is 2.24. The fourth-order valence-electron chi connectivity index (χ4n) is 5.25. The first-order chi connectivity index (χ1) is 20.7. The maximum Gasteiger partial charge on any atom is 0.335 e. The number of nitrogens with zero attached hydrogens (tertiary/aromatic N) is 2. The Labute approximate surface area is 257 Å². The van der Waals surface area contributed by atoms with Crippen LogP contribution < -0.4 is 0 Å². The summed E-state index contributed by atoms with van der Waals surface area (Å²) < 4.78 is 17.0. The molecule has 1 aromatic heterocycles. The van der Waals surface area contributed by atoms with E-state index in [1.807, 2.05) is 80.6 Å². The van der Waals surface area contributed by atoms with Crippen LogP contribution in [0.25, 0.3) is 44.4 Å². The van der Waals surface area contributed by atoms with E-state index in [0.29, 0.717) is 27.1 Å². The zero-order chi connectivity index (χ0) is 30.2. The molecule has 0 saturated heterocycles. The summed E-state index contributed by atoms with van der Waals surface area (Å²) in [7, 11) is 0. The zero-order valence-corrected chi connectivity index (χ0v) is 24.8. The van der Waals surface area contributed by atoms with Crippen LogP contribution in [0.3, 0.4) is 0 Å². The van der Waals surface area contributed by atoms with Crippen LogP contribution in [0.1, 0.15) is 27.0 Å². The van der Waals surface area contributed by atoms with Crippen molar-refractivity contribution in [1.29, 1.82) is 5.26 Å². The highest BCUT2D eigenvalue weighted by molar-refractivity contribution is 7.98. The largest absolute Gasteiger partial charge is 0.478 e. The highest BCUT2D eigenvalue weighted by atomic mass is 35.5. The van der Waals surface area contributed by atoms with E-state index >= 15 is 0 Å². The van der Waals surface area contributed by atoms with Gasteiger partial charge in [0.05, 0.1) is 28.4 Å². The summed E-state index contributed by atoms with van der Waals surface area (Å²) in [6.07, 6.45) is 0. The Morgan fingerprint density at radius 2 is 1.58 bits per heavy atom.